The topological polar surface area (TPSA) is 53.9 Å². The van der Waals surface area contributed by atoms with Crippen LogP contribution in [0.2, 0.25) is 5.28 Å². The van der Waals surface area contributed by atoms with Crippen LogP contribution in [-0.4, -0.2) is 34.6 Å². The Morgan fingerprint density at radius 2 is 1.89 bits per heavy atom. The molecule has 1 heterocycles. The Kier molecular flexibility index (Phi) is 4.13. The summed E-state index contributed by atoms with van der Waals surface area (Å²) in [5.74, 6) is 1.91. The first-order chi connectivity index (χ1) is 8.96. The number of nitrogens with one attached hydrogen (secondary N) is 1. The number of aromatic nitrogens is 3. The maximum atomic E-state index is 5.97. The van der Waals surface area contributed by atoms with Gasteiger partial charge in [-0.3, -0.25) is 0 Å². The highest BCUT2D eigenvalue weighted by atomic mass is 35.5. The second-order valence-electron chi connectivity index (χ2n) is 5.67. The molecule has 19 heavy (non-hydrogen) atoms. The first kappa shape index (κ1) is 14.3. The fourth-order valence-corrected chi connectivity index (χ4v) is 2.36. The smallest absolute Gasteiger partial charge is 0.231 e. The van der Waals surface area contributed by atoms with Crippen molar-refractivity contribution >= 4 is 23.5 Å². The molecule has 0 radical (unpaired) electrons. The third-order valence-electron chi connectivity index (χ3n) is 3.87. The molecule has 6 heteroatoms. The molecule has 1 saturated carbocycles. The van der Waals surface area contributed by atoms with E-state index in [0.29, 0.717) is 23.2 Å². The summed E-state index contributed by atoms with van der Waals surface area (Å²) in [6.07, 6.45) is 1.25. The van der Waals surface area contributed by atoms with Crippen LogP contribution < -0.4 is 10.2 Å². The standard InChI is InChI=1S/C13H22ClN5/c1-5-19(6-2)12-17-10(14)16-11(18-12)15-8-9-7-13(9,3)4/h9H,5-8H2,1-4H3,(H,15,16,17,18). The molecule has 0 bridgehead atoms. The predicted octanol–water partition coefficient (Wildman–Crippen LogP) is 2.83. The van der Waals surface area contributed by atoms with Crippen molar-refractivity contribution in [1.29, 1.82) is 0 Å². The third kappa shape index (κ3) is 3.47. The summed E-state index contributed by atoms with van der Waals surface area (Å²) in [7, 11) is 0. The second-order valence-corrected chi connectivity index (χ2v) is 6.01. The van der Waals surface area contributed by atoms with E-state index in [1.807, 2.05) is 0 Å². The van der Waals surface area contributed by atoms with Gasteiger partial charge in [0.15, 0.2) is 0 Å². The summed E-state index contributed by atoms with van der Waals surface area (Å²) in [5, 5.41) is 3.52. The van der Waals surface area contributed by atoms with Crippen molar-refractivity contribution in [3.05, 3.63) is 5.28 Å². The molecule has 0 aliphatic heterocycles. The van der Waals surface area contributed by atoms with Gasteiger partial charge in [0.25, 0.3) is 0 Å². The summed E-state index contributed by atoms with van der Waals surface area (Å²) in [6.45, 7) is 11.3. The van der Waals surface area contributed by atoms with Crippen LogP contribution in [0.4, 0.5) is 11.9 Å². The molecule has 0 amide bonds. The predicted molar refractivity (Wildman–Crippen MR) is 78.8 cm³/mol. The summed E-state index contributed by atoms with van der Waals surface area (Å²) >= 11 is 5.97. The van der Waals surface area contributed by atoms with Crippen molar-refractivity contribution in [2.75, 3.05) is 29.9 Å². The Morgan fingerprint density at radius 1 is 1.26 bits per heavy atom. The quantitative estimate of drug-likeness (QED) is 0.870. The molecule has 1 fully saturated rings. The van der Waals surface area contributed by atoms with E-state index >= 15 is 0 Å². The molecule has 1 aliphatic carbocycles. The number of rotatable bonds is 6. The maximum absolute atomic E-state index is 5.97. The van der Waals surface area contributed by atoms with Crippen LogP contribution in [0.3, 0.4) is 0 Å². The first-order valence-electron chi connectivity index (χ1n) is 6.86. The minimum atomic E-state index is 0.245. The van der Waals surface area contributed by atoms with Gasteiger partial charge in [0.05, 0.1) is 0 Å². The number of anilines is 2. The molecule has 1 atom stereocenters. The van der Waals surface area contributed by atoms with Gasteiger partial charge in [-0.05, 0) is 43.2 Å². The minimum absolute atomic E-state index is 0.245. The van der Waals surface area contributed by atoms with Gasteiger partial charge in [0, 0.05) is 19.6 Å². The summed E-state index contributed by atoms with van der Waals surface area (Å²) in [6, 6.07) is 0. The van der Waals surface area contributed by atoms with Gasteiger partial charge in [0.1, 0.15) is 0 Å². The van der Waals surface area contributed by atoms with Crippen LogP contribution >= 0.6 is 11.6 Å². The third-order valence-corrected chi connectivity index (χ3v) is 4.04. The average molecular weight is 284 g/mol. The molecule has 1 N–H and O–H groups in total. The fraction of sp³-hybridized carbons (Fsp3) is 0.769. The molecule has 5 nitrogen and oxygen atoms in total. The monoisotopic (exact) mass is 283 g/mol. The molecule has 1 unspecified atom stereocenters. The van der Waals surface area contributed by atoms with Crippen molar-refractivity contribution in [3.63, 3.8) is 0 Å². The number of nitrogens with zero attached hydrogens (tertiary/aromatic N) is 4. The Labute approximate surface area is 119 Å². The summed E-state index contributed by atoms with van der Waals surface area (Å²) in [4.78, 5) is 14.8. The van der Waals surface area contributed by atoms with Crippen LogP contribution in [-0.2, 0) is 0 Å². The van der Waals surface area contributed by atoms with Crippen LogP contribution in [0.1, 0.15) is 34.1 Å². The van der Waals surface area contributed by atoms with E-state index in [-0.39, 0.29) is 5.28 Å². The van der Waals surface area contributed by atoms with Gasteiger partial charge in [-0.25, -0.2) is 0 Å². The SMILES string of the molecule is CCN(CC)c1nc(Cl)nc(NCC2CC2(C)C)n1. The zero-order valence-corrected chi connectivity index (χ0v) is 12.8. The van der Waals surface area contributed by atoms with Crippen LogP contribution in [0.15, 0.2) is 0 Å². The van der Waals surface area contributed by atoms with Crippen molar-refractivity contribution in [1.82, 2.24) is 15.0 Å². The van der Waals surface area contributed by atoms with E-state index in [1.165, 1.54) is 6.42 Å². The van der Waals surface area contributed by atoms with Crippen LogP contribution in [0.25, 0.3) is 0 Å². The average Bonchev–Trinajstić information content (AvgIpc) is 2.96. The Hall–Kier alpha value is -1.10. The molecule has 1 aromatic rings. The highest BCUT2D eigenvalue weighted by Crippen LogP contribution is 2.51. The van der Waals surface area contributed by atoms with E-state index in [4.69, 9.17) is 11.6 Å². The lowest BCUT2D eigenvalue weighted by Gasteiger charge is -2.18. The van der Waals surface area contributed by atoms with E-state index in [2.05, 4.69) is 52.9 Å². The highest BCUT2D eigenvalue weighted by molar-refractivity contribution is 6.28. The molecule has 2 rings (SSSR count). The van der Waals surface area contributed by atoms with Gasteiger partial charge < -0.3 is 10.2 Å². The Bertz CT molecular complexity index is 445. The minimum Gasteiger partial charge on any atom is -0.354 e. The normalized spacial score (nSPS) is 20.2. The second kappa shape index (κ2) is 5.49. The lowest BCUT2D eigenvalue weighted by Crippen LogP contribution is -2.25. The van der Waals surface area contributed by atoms with Crippen molar-refractivity contribution in [3.8, 4) is 0 Å². The molecule has 1 aromatic heterocycles. The van der Waals surface area contributed by atoms with E-state index in [0.717, 1.165) is 19.6 Å². The lowest BCUT2D eigenvalue weighted by molar-refractivity contribution is 0.572. The zero-order valence-electron chi connectivity index (χ0n) is 12.1. The van der Waals surface area contributed by atoms with Gasteiger partial charge in [0.2, 0.25) is 17.2 Å². The maximum Gasteiger partial charge on any atom is 0.231 e. The van der Waals surface area contributed by atoms with E-state index < -0.39 is 0 Å². The van der Waals surface area contributed by atoms with Gasteiger partial charge >= 0.3 is 0 Å². The van der Waals surface area contributed by atoms with Crippen molar-refractivity contribution < 1.29 is 0 Å². The fourth-order valence-electron chi connectivity index (χ4n) is 2.21. The highest BCUT2D eigenvalue weighted by Gasteiger charge is 2.45. The number of hydrogen-bond donors (Lipinski definition) is 1. The van der Waals surface area contributed by atoms with Crippen LogP contribution in [0, 0.1) is 11.3 Å². The molecule has 0 spiro atoms. The molecular weight excluding hydrogens is 262 g/mol. The largest absolute Gasteiger partial charge is 0.354 e. The van der Waals surface area contributed by atoms with Crippen molar-refractivity contribution in [2.45, 2.75) is 34.1 Å². The molecule has 0 saturated heterocycles. The number of hydrogen-bond acceptors (Lipinski definition) is 5. The molecule has 1 aliphatic rings. The Balaban J connectivity index is 2.04. The van der Waals surface area contributed by atoms with Gasteiger partial charge in [-0.2, -0.15) is 15.0 Å². The van der Waals surface area contributed by atoms with E-state index in [1.54, 1.807) is 0 Å². The lowest BCUT2D eigenvalue weighted by atomic mass is 10.1. The summed E-state index contributed by atoms with van der Waals surface area (Å²) in [5.41, 5.74) is 0.450. The molecule has 106 valence electrons. The number of halogens is 1. The summed E-state index contributed by atoms with van der Waals surface area (Å²) < 4.78 is 0. The Morgan fingerprint density at radius 3 is 2.42 bits per heavy atom. The first-order valence-corrected chi connectivity index (χ1v) is 7.24. The van der Waals surface area contributed by atoms with Gasteiger partial charge in [-0.1, -0.05) is 13.8 Å². The van der Waals surface area contributed by atoms with Gasteiger partial charge in [-0.15, -0.1) is 0 Å². The van der Waals surface area contributed by atoms with E-state index in [9.17, 15) is 0 Å². The van der Waals surface area contributed by atoms with Crippen LogP contribution in [0.5, 0.6) is 0 Å². The molecular formula is C13H22ClN5. The zero-order chi connectivity index (χ0) is 14.0. The molecule has 0 aromatic carbocycles. The van der Waals surface area contributed by atoms with Crippen molar-refractivity contribution in [2.24, 2.45) is 11.3 Å².